The molecule has 3 heterocycles. The Morgan fingerprint density at radius 2 is 1.79 bits per heavy atom. The van der Waals surface area contributed by atoms with Crippen LogP contribution in [0.4, 0.5) is 8.78 Å². The van der Waals surface area contributed by atoms with Gasteiger partial charge in [-0.25, -0.2) is 13.8 Å². The van der Waals surface area contributed by atoms with E-state index in [9.17, 15) is 13.6 Å². The molecule has 1 amide bonds. The number of carbonyl (C=O) groups excluding carboxylic acids is 1. The second-order valence-corrected chi connectivity index (χ2v) is 9.15. The van der Waals surface area contributed by atoms with Crippen LogP contribution in [-0.4, -0.2) is 62.6 Å². The lowest BCUT2D eigenvalue weighted by atomic mass is 10.2. The first-order chi connectivity index (χ1) is 16.6. The Balaban J connectivity index is 1.35. The molecule has 10 heteroatoms. The van der Waals surface area contributed by atoms with Crippen molar-refractivity contribution < 1.29 is 18.3 Å². The number of fused-ring (bicyclic) bond motifs is 3. The van der Waals surface area contributed by atoms with E-state index in [0.717, 1.165) is 11.1 Å². The van der Waals surface area contributed by atoms with E-state index in [1.54, 1.807) is 18.2 Å². The molecule has 176 valence electrons. The van der Waals surface area contributed by atoms with Crippen LogP contribution >= 0.6 is 11.8 Å². The minimum atomic E-state index is -0.362. The lowest BCUT2D eigenvalue weighted by Gasteiger charge is -2.26. The van der Waals surface area contributed by atoms with Gasteiger partial charge in [0.25, 0.3) is 0 Å². The van der Waals surface area contributed by atoms with Gasteiger partial charge in [0.2, 0.25) is 11.1 Å². The summed E-state index contributed by atoms with van der Waals surface area (Å²) in [6, 6.07) is 10.8. The number of amides is 1. The Labute approximate surface area is 199 Å². The number of hydrogen-bond acceptors (Lipinski definition) is 6. The van der Waals surface area contributed by atoms with Crippen LogP contribution in [0.3, 0.4) is 0 Å². The zero-order valence-corrected chi connectivity index (χ0v) is 19.2. The van der Waals surface area contributed by atoms with Crippen molar-refractivity contribution in [3.8, 4) is 0 Å². The van der Waals surface area contributed by atoms with Gasteiger partial charge in [0, 0.05) is 37.2 Å². The molecule has 2 aromatic heterocycles. The predicted octanol–water partition coefficient (Wildman–Crippen LogP) is 4.04. The van der Waals surface area contributed by atoms with E-state index in [2.05, 4.69) is 10.2 Å². The molecule has 7 nitrogen and oxygen atoms in total. The second-order valence-electron chi connectivity index (χ2n) is 8.09. The first-order valence-corrected chi connectivity index (χ1v) is 12.1. The molecule has 1 fully saturated rings. The molecule has 0 saturated carbocycles. The molecule has 0 unspecified atom stereocenters. The normalized spacial score (nSPS) is 14.2. The average molecular weight is 484 g/mol. The summed E-state index contributed by atoms with van der Waals surface area (Å²) in [5.74, 6) is 0.150. The minimum Gasteiger partial charge on any atom is -0.378 e. The molecule has 5 rings (SSSR count). The highest BCUT2D eigenvalue weighted by atomic mass is 32.2. The highest BCUT2D eigenvalue weighted by Gasteiger charge is 2.18. The quantitative estimate of drug-likeness (QED) is 0.292. The van der Waals surface area contributed by atoms with Crippen molar-refractivity contribution in [3.05, 3.63) is 59.7 Å². The molecule has 0 N–H and O–H groups in total. The number of morpholine rings is 1. The van der Waals surface area contributed by atoms with E-state index in [1.165, 1.54) is 36.0 Å². The average Bonchev–Trinajstić information content (AvgIpc) is 3.15. The van der Waals surface area contributed by atoms with Crippen molar-refractivity contribution in [2.75, 3.05) is 32.1 Å². The Kier molecular flexibility index (Phi) is 6.68. The molecule has 4 aromatic rings. The van der Waals surface area contributed by atoms with Crippen LogP contribution in [0.2, 0.25) is 0 Å². The Morgan fingerprint density at radius 1 is 1.03 bits per heavy atom. The van der Waals surface area contributed by atoms with Crippen molar-refractivity contribution in [2.45, 2.75) is 24.5 Å². The van der Waals surface area contributed by atoms with E-state index >= 15 is 0 Å². The predicted molar refractivity (Wildman–Crippen MR) is 126 cm³/mol. The topological polar surface area (TPSA) is 73.1 Å². The molecular weight excluding hydrogens is 460 g/mol. The number of thioether (sulfide) groups is 1. The monoisotopic (exact) mass is 483 g/mol. The van der Waals surface area contributed by atoms with E-state index in [-0.39, 0.29) is 17.5 Å². The summed E-state index contributed by atoms with van der Waals surface area (Å²) >= 11 is 1.44. The molecule has 0 radical (unpaired) electrons. The van der Waals surface area contributed by atoms with E-state index in [1.807, 2.05) is 9.47 Å². The maximum atomic E-state index is 14.0. The third-order valence-electron chi connectivity index (χ3n) is 5.79. The number of halogens is 2. The van der Waals surface area contributed by atoms with Crippen molar-refractivity contribution in [3.63, 3.8) is 0 Å². The standard InChI is InChI=1S/C24H23F2N5O2S/c25-17-5-3-16(4-6-17)15-31-20-8-7-18(26)14-19(20)22-23(31)27-24(29-28-22)34-13-1-2-21(32)30-9-11-33-12-10-30/h3-8,14H,1-2,9-13,15H2. The Hall–Kier alpha value is -3.11. The molecule has 1 saturated heterocycles. The summed E-state index contributed by atoms with van der Waals surface area (Å²) < 4.78 is 34.6. The lowest BCUT2D eigenvalue weighted by Crippen LogP contribution is -2.40. The van der Waals surface area contributed by atoms with Gasteiger partial charge >= 0.3 is 0 Å². The Bertz CT molecular complexity index is 1320. The van der Waals surface area contributed by atoms with E-state index in [4.69, 9.17) is 9.72 Å². The molecule has 0 aliphatic carbocycles. The molecule has 34 heavy (non-hydrogen) atoms. The first kappa shape index (κ1) is 22.7. The van der Waals surface area contributed by atoms with Gasteiger partial charge in [-0.2, -0.15) is 0 Å². The van der Waals surface area contributed by atoms with Crippen molar-refractivity contribution >= 4 is 39.7 Å². The van der Waals surface area contributed by atoms with Gasteiger partial charge in [-0.05, 0) is 42.3 Å². The van der Waals surface area contributed by atoms with Crippen LogP contribution in [0.15, 0.2) is 47.6 Å². The van der Waals surface area contributed by atoms with Gasteiger partial charge in [0.1, 0.15) is 17.2 Å². The zero-order valence-electron chi connectivity index (χ0n) is 18.4. The molecule has 2 aromatic carbocycles. The smallest absolute Gasteiger partial charge is 0.222 e. The number of hydrogen-bond donors (Lipinski definition) is 0. The van der Waals surface area contributed by atoms with Crippen molar-refractivity contribution in [2.24, 2.45) is 0 Å². The molecule has 0 atom stereocenters. The van der Waals surface area contributed by atoms with Gasteiger partial charge in [0.05, 0.1) is 18.7 Å². The lowest BCUT2D eigenvalue weighted by molar-refractivity contribution is -0.135. The fourth-order valence-corrected chi connectivity index (χ4v) is 4.79. The summed E-state index contributed by atoms with van der Waals surface area (Å²) in [5.41, 5.74) is 2.77. The van der Waals surface area contributed by atoms with E-state index in [0.29, 0.717) is 73.1 Å². The summed E-state index contributed by atoms with van der Waals surface area (Å²) in [6.45, 7) is 2.91. The van der Waals surface area contributed by atoms with Gasteiger partial charge in [-0.1, -0.05) is 23.9 Å². The number of nitrogens with zero attached hydrogens (tertiary/aromatic N) is 5. The zero-order chi connectivity index (χ0) is 23.5. The SMILES string of the molecule is O=C(CCCSc1nnc2c3cc(F)ccc3n(Cc3ccc(F)cc3)c2n1)N1CCOCC1. The third-order valence-corrected chi connectivity index (χ3v) is 6.72. The van der Waals surface area contributed by atoms with Crippen molar-refractivity contribution in [1.29, 1.82) is 0 Å². The maximum Gasteiger partial charge on any atom is 0.222 e. The van der Waals surface area contributed by atoms with Crippen LogP contribution in [-0.2, 0) is 16.1 Å². The number of ether oxygens (including phenoxy) is 1. The van der Waals surface area contributed by atoms with Crippen LogP contribution in [0.1, 0.15) is 18.4 Å². The Morgan fingerprint density at radius 3 is 2.59 bits per heavy atom. The molecule has 0 spiro atoms. The first-order valence-electron chi connectivity index (χ1n) is 11.1. The molecular formula is C24H23F2N5O2S. The third kappa shape index (κ3) is 4.88. The highest BCUT2D eigenvalue weighted by molar-refractivity contribution is 7.99. The second kappa shape index (κ2) is 10.0. The van der Waals surface area contributed by atoms with Crippen LogP contribution in [0.25, 0.3) is 22.1 Å². The number of aromatic nitrogens is 4. The molecule has 1 aliphatic rings. The van der Waals surface area contributed by atoms with Gasteiger partial charge in [-0.3, -0.25) is 4.79 Å². The fourth-order valence-electron chi connectivity index (χ4n) is 4.06. The van der Waals surface area contributed by atoms with Crippen LogP contribution in [0.5, 0.6) is 0 Å². The molecule has 1 aliphatic heterocycles. The highest BCUT2D eigenvalue weighted by Crippen LogP contribution is 2.29. The van der Waals surface area contributed by atoms with Gasteiger partial charge < -0.3 is 14.2 Å². The van der Waals surface area contributed by atoms with Crippen LogP contribution in [0, 0.1) is 11.6 Å². The molecule has 0 bridgehead atoms. The summed E-state index contributed by atoms with van der Waals surface area (Å²) in [4.78, 5) is 18.9. The van der Waals surface area contributed by atoms with E-state index < -0.39 is 0 Å². The number of benzene rings is 2. The number of carbonyl (C=O) groups is 1. The maximum absolute atomic E-state index is 14.0. The van der Waals surface area contributed by atoms with Crippen molar-refractivity contribution in [1.82, 2.24) is 24.6 Å². The van der Waals surface area contributed by atoms with Gasteiger partial charge in [0.15, 0.2) is 5.65 Å². The van der Waals surface area contributed by atoms with Gasteiger partial charge in [-0.15, -0.1) is 10.2 Å². The largest absolute Gasteiger partial charge is 0.378 e. The summed E-state index contributed by atoms with van der Waals surface area (Å²) in [5, 5.41) is 9.70. The minimum absolute atomic E-state index is 0.139. The number of rotatable bonds is 7. The van der Waals surface area contributed by atoms with Crippen LogP contribution < -0.4 is 0 Å². The summed E-state index contributed by atoms with van der Waals surface area (Å²) in [6.07, 6.45) is 1.17. The summed E-state index contributed by atoms with van der Waals surface area (Å²) in [7, 11) is 0. The fraction of sp³-hybridized carbons (Fsp3) is 0.333.